The SMILES string of the molecule is CCCCCCCN1C(=O)/C(=C2\SC(=S)N(CC(=O)O)C2=O)c2ccccc21. The first kappa shape index (κ1) is 20.5. The maximum absolute atomic E-state index is 13.2. The third kappa shape index (κ3) is 3.98. The van der Waals surface area contributed by atoms with E-state index in [1.165, 1.54) is 6.42 Å². The number of hydrogen-bond acceptors (Lipinski definition) is 5. The van der Waals surface area contributed by atoms with E-state index in [0.29, 0.717) is 17.7 Å². The molecule has 1 aromatic carbocycles. The number of carbonyl (C=O) groups excluding carboxylic acids is 2. The molecular weight excluding hydrogens is 396 g/mol. The molecule has 1 fully saturated rings. The minimum absolute atomic E-state index is 0.165. The Labute approximate surface area is 173 Å². The quantitative estimate of drug-likeness (QED) is 0.394. The smallest absolute Gasteiger partial charge is 0.323 e. The molecule has 0 atom stereocenters. The molecule has 0 radical (unpaired) electrons. The van der Waals surface area contributed by atoms with E-state index in [-0.39, 0.29) is 15.1 Å². The minimum atomic E-state index is -1.14. The van der Waals surface area contributed by atoms with Gasteiger partial charge in [0.25, 0.3) is 11.8 Å². The number of aliphatic carboxylic acids is 1. The van der Waals surface area contributed by atoms with Gasteiger partial charge in [-0.3, -0.25) is 19.3 Å². The number of anilines is 1. The first-order valence-corrected chi connectivity index (χ1v) is 10.6. The second-order valence-corrected chi connectivity index (χ2v) is 8.39. The maximum atomic E-state index is 13.2. The number of amides is 2. The van der Waals surface area contributed by atoms with Crippen LogP contribution < -0.4 is 4.90 Å². The largest absolute Gasteiger partial charge is 0.480 e. The molecule has 148 valence electrons. The summed E-state index contributed by atoms with van der Waals surface area (Å²) in [6, 6.07) is 7.40. The van der Waals surface area contributed by atoms with Crippen LogP contribution in [0.5, 0.6) is 0 Å². The first-order chi connectivity index (χ1) is 13.5. The van der Waals surface area contributed by atoms with Gasteiger partial charge in [-0.05, 0) is 12.5 Å². The highest BCUT2D eigenvalue weighted by Gasteiger charge is 2.42. The van der Waals surface area contributed by atoms with Crippen molar-refractivity contribution in [2.24, 2.45) is 0 Å². The zero-order chi connectivity index (χ0) is 20.3. The predicted molar refractivity (Wildman–Crippen MR) is 114 cm³/mol. The minimum Gasteiger partial charge on any atom is -0.480 e. The van der Waals surface area contributed by atoms with Crippen molar-refractivity contribution in [2.75, 3.05) is 18.0 Å². The number of carboxylic acids is 1. The number of benzene rings is 1. The number of rotatable bonds is 8. The van der Waals surface area contributed by atoms with Gasteiger partial charge in [0.2, 0.25) is 0 Å². The summed E-state index contributed by atoms with van der Waals surface area (Å²) < 4.78 is 0.165. The lowest BCUT2D eigenvalue weighted by Crippen LogP contribution is -2.33. The van der Waals surface area contributed by atoms with E-state index in [1.807, 2.05) is 24.3 Å². The molecule has 1 N–H and O–H groups in total. The summed E-state index contributed by atoms with van der Waals surface area (Å²) in [7, 11) is 0. The number of fused-ring (bicyclic) bond motifs is 1. The van der Waals surface area contributed by atoms with Crippen LogP contribution in [0, 0.1) is 0 Å². The van der Waals surface area contributed by atoms with Crippen molar-refractivity contribution in [2.45, 2.75) is 39.0 Å². The van der Waals surface area contributed by atoms with E-state index in [4.69, 9.17) is 17.3 Å². The Bertz CT molecular complexity index is 866. The summed E-state index contributed by atoms with van der Waals surface area (Å²) in [4.78, 5) is 39.9. The molecule has 0 unspecified atom stereocenters. The fourth-order valence-corrected chi connectivity index (χ4v) is 4.74. The van der Waals surface area contributed by atoms with E-state index in [0.717, 1.165) is 48.0 Å². The van der Waals surface area contributed by atoms with Crippen molar-refractivity contribution in [1.29, 1.82) is 0 Å². The van der Waals surface area contributed by atoms with E-state index in [9.17, 15) is 14.4 Å². The average molecular weight is 419 g/mol. The molecule has 0 aromatic heterocycles. The first-order valence-electron chi connectivity index (χ1n) is 9.36. The third-order valence-corrected chi connectivity index (χ3v) is 6.23. The number of hydrogen-bond donors (Lipinski definition) is 1. The molecular formula is C20H22N2O4S2. The number of thiocarbonyl (C=S) groups is 1. The second kappa shape index (κ2) is 8.87. The van der Waals surface area contributed by atoms with Gasteiger partial charge >= 0.3 is 5.97 Å². The van der Waals surface area contributed by atoms with Crippen LogP contribution in [0.2, 0.25) is 0 Å². The molecule has 6 nitrogen and oxygen atoms in total. The molecule has 28 heavy (non-hydrogen) atoms. The Morgan fingerprint density at radius 3 is 2.50 bits per heavy atom. The van der Waals surface area contributed by atoms with Gasteiger partial charge in [-0.25, -0.2) is 0 Å². The van der Waals surface area contributed by atoms with Crippen molar-refractivity contribution in [3.63, 3.8) is 0 Å². The summed E-state index contributed by atoms with van der Waals surface area (Å²) in [5.41, 5.74) is 1.83. The van der Waals surface area contributed by atoms with E-state index < -0.39 is 18.4 Å². The summed E-state index contributed by atoms with van der Waals surface area (Å²) >= 11 is 6.17. The van der Waals surface area contributed by atoms with Gasteiger partial charge in [-0.2, -0.15) is 0 Å². The van der Waals surface area contributed by atoms with Gasteiger partial charge in [0, 0.05) is 12.1 Å². The van der Waals surface area contributed by atoms with Gasteiger partial charge in [0.1, 0.15) is 10.9 Å². The Morgan fingerprint density at radius 2 is 1.79 bits per heavy atom. The molecule has 2 aliphatic heterocycles. The van der Waals surface area contributed by atoms with Gasteiger partial charge in [0.05, 0.1) is 16.2 Å². The highest BCUT2D eigenvalue weighted by Crippen LogP contribution is 2.44. The van der Waals surface area contributed by atoms with Gasteiger partial charge in [-0.15, -0.1) is 0 Å². The molecule has 8 heteroatoms. The molecule has 0 spiro atoms. The average Bonchev–Trinajstić information content (AvgIpc) is 3.09. The monoisotopic (exact) mass is 418 g/mol. The maximum Gasteiger partial charge on any atom is 0.323 e. The van der Waals surface area contributed by atoms with Crippen LogP contribution in [0.25, 0.3) is 5.57 Å². The molecule has 2 heterocycles. The second-order valence-electron chi connectivity index (χ2n) is 6.75. The lowest BCUT2D eigenvalue weighted by atomic mass is 10.1. The van der Waals surface area contributed by atoms with Crippen molar-refractivity contribution in [3.8, 4) is 0 Å². The summed E-state index contributed by atoms with van der Waals surface area (Å²) in [5.74, 6) is -1.87. The number of unbranched alkanes of at least 4 members (excludes halogenated alkanes) is 4. The van der Waals surface area contributed by atoms with Crippen LogP contribution in [0.1, 0.15) is 44.6 Å². The van der Waals surface area contributed by atoms with Gasteiger partial charge < -0.3 is 10.0 Å². The molecule has 3 rings (SSSR count). The Hall–Kier alpha value is -2.19. The van der Waals surface area contributed by atoms with Crippen LogP contribution in [0.15, 0.2) is 29.2 Å². The standard InChI is InChI=1S/C20H22N2O4S2/c1-2-3-4-5-8-11-21-14-10-7-6-9-13(14)16(18(21)25)17-19(26)22(12-15(23)24)20(27)28-17/h6-7,9-10H,2-5,8,11-12H2,1H3,(H,23,24)/b17-16-. The summed E-state index contributed by atoms with van der Waals surface area (Å²) in [5, 5.41) is 9.02. The van der Waals surface area contributed by atoms with Gasteiger partial charge in [-0.1, -0.05) is 74.8 Å². The van der Waals surface area contributed by atoms with E-state index >= 15 is 0 Å². The van der Waals surface area contributed by atoms with Crippen molar-refractivity contribution >= 4 is 57.3 Å². The number of carbonyl (C=O) groups is 3. The lowest BCUT2D eigenvalue weighted by molar-refractivity contribution is -0.140. The van der Waals surface area contributed by atoms with Crippen LogP contribution in [-0.2, 0) is 14.4 Å². The highest BCUT2D eigenvalue weighted by molar-refractivity contribution is 8.26. The fourth-order valence-electron chi connectivity index (χ4n) is 3.42. The molecule has 0 saturated carbocycles. The van der Waals surface area contributed by atoms with Crippen LogP contribution >= 0.6 is 24.0 Å². The van der Waals surface area contributed by atoms with Crippen LogP contribution in [-0.4, -0.2) is 45.2 Å². The van der Waals surface area contributed by atoms with Crippen LogP contribution in [0.4, 0.5) is 5.69 Å². The molecule has 1 saturated heterocycles. The molecule has 0 aliphatic carbocycles. The normalized spacial score (nSPS) is 19.0. The molecule has 0 bridgehead atoms. The number of thioether (sulfide) groups is 1. The summed E-state index contributed by atoms with van der Waals surface area (Å²) in [6.45, 7) is 2.25. The topological polar surface area (TPSA) is 77.9 Å². The van der Waals surface area contributed by atoms with Crippen LogP contribution in [0.3, 0.4) is 0 Å². The van der Waals surface area contributed by atoms with E-state index in [1.54, 1.807) is 4.90 Å². The van der Waals surface area contributed by atoms with Crippen molar-refractivity contribution < 1.29 is 19.5 Å². The highest BCUT2D eigenvalue weighted by atomic mass is 32.2. The number of nitrogens with zero attached hydrogens (tertiary/aromatic N) is 2. The number of carboxylic acid groups (broad SMARTS) is 1. The third-order valence-electron chi connectivity index (χ3n) is 4.78. The van der Waals surface area contributed by atoms with Gasteiger partial charge in [0.15, 0.2) is 0 Å². The zero-order valence-corrected chi connectivity index (χ0v) is 17.3. The van der Waals surface area contributed by atoms with Crippen molar-refractivity contribution in [1.82, 2.24) is 4.90 Å². The Balaban J connectivity index is 1.89. The molecule has 1 aromatic rings. The molecule has 2 amide bonds. The van der Waals surface area contributed by atoms with Crippen molar-refractivity contribution in [3.05, 3.63) is 34.7 Å². The fraction of sp³-hybridized carbons (Fsp3) is 0.400. The Kier molecular flexibility index (Phi) is 6.51. The lowest BCUT2D eigenvalue weighted by Gasteiger charge is -2.17. The predicted octanol–water partition coefficient (Wildman–Crippen LogP) is 3.66. The molecule has 2 aliphatic rings. The number of para-hydroxylation sites is 1. The zero-order valence-electron chi connectivity index (χ0n) is 15.6. The summed E-state index contributed by atoms with van der Waals surface area (Å²) in [6.07, 6.45) is 5.43. The van der Waals surface area contributed by atoms with E-state index in [2.05, 4.69) is 6.92 Å². The Morgan fingerprint density at radius 1 is 1.07 bits per heavy atom.